The summed E-state index contributed by atoms with van der Waals surface area (Å²) >= 11 is 0. The van der Waals surface area contributed by atoms with Gasteiger partial charge in [-0.1, -0.05) is 19.8 Å². The maximum absolute atomic E-state index is 11.8. The molecule has 0 aromatic heterocycles. The predicted molar refractivity (Wildman–Crippen MR) is 75.4 cm³/mol. The lowest BCUT2D eigenvalue weighted by molar-refractivity contribution is -0.122. The summed E-state index contributed by atoms with van der Waals surface area (Å²) in [6, 6.07) is 0.759. The molecule has 18 heavy (non-hydrogen) atoms. The van der Waals surface area contributed by atoms with E-state index in [4.69, 9.17) is 5.73 Å². The lowest BCUT2D eigenvalue weighted by Gasteiger charge is -2.34. The molecule has 106 valence electrons. The molecule has 0 radical (unpaired) electrons. The highest BCUT2D eigenvalue weighted by Crippen LogP contribution is 2.19. The molecule has 0 aromatic carbocycles. The Morgan fingerprint density at radius 3 is 2.89 bits per heavy atom. The van der Waals surface area contributed by atoms with Gasteiger partial charge in [-0.05, 0) is 32.7 Å². The molecule has 2 atom stereocenters. The summed E-state index contributed by atoms with van der Waals surface area (Å²) in [4.78, 5) is 14.3. The van der Waals surface area contributed by atoms with Crippen LogP contribution in [0.3, 0.4) is 0 Å². The average Bonchev–Trinajstić information content (AvgIpc) is 2.58. The Hall–Kier alpha value is -0.610. The van der Waals surface area contributed by atoms with Gasteiger partial charge in [0.25, 0.3) is 0 Å². The monoisotopic (exact) mass is 255 g/mol. The Balaban J connectivity index is 2.49. The lowest BCUT2D eigenvalue weighted by atomic mass is 10.1. The van der Waals surface area contributed by atoms with Crippen molar-refractivity contribution in [2.75, 3.05) is 19.6 Å². The zero-order valence-corrected chi connectivity index (χ0v) is 12.0. The molecule has 1 heterocycles. The van der Waals surface area contributed by atoms with Crippen molar-refractivity contribution in [3.05, 3.63) is 0 Å². The highest BCUT2D eigenvalue weighted by molar-refractivity contribution is 5.76. The van der Waals surface area contributed by atoms with Crippen LogP contribution in [0.5, 0.6) is 0 Å². The van der Waals surface area contributed by atoms with Crippen LogP contribution in [0.1, 0.15) is 52.4 Å². The van der Waals surface area contributed by atoms with Crippen molar-refractivity contribution < 1.29 is 4.79 Å². The fourth-order valence-electron chi connectivity index (χ4n) is 2.73. The summed E-state index contributed by atoms with van der Waals surface area (Å²) < 4.78 is 0. The Labute approximate surface area is 111 Å². The number of amides is 1. The SMILES string of the molecule is CCCNC(=O)CC(CN)N1CCCCCC1C. The van der Waals surface area contributed by atoms with E-state index in [1.165, 1.54) is 25.7 Å². The Morgan fingerprint density at radius 1 is 1.44 bits per heavy atom. The van der Waals surface area contributed by atoms with Gasteiger partial charge in [-0.2, -0.15) is 0 Å². The van der Waals surface area contributed by atoms with Gasteiger partial charge in [0, 0.05) is 31.6 Å². The second-order valence-electron chi connectivity index (χ2n) is 5.38. The summed E-state index contributed by atoms with van der Waals surface area (Å²) in [6.45, 7) is 6.76. The van der Waals surface area contributed by atoms with Gasteiger partial charge in [-0.3, -0.25) is 9.69 Å². The summed E-state index contributed by atoms with van der Waals surface area (Å²) in [5, 5.41) is 2.95. The van der Waals surface area contributed by atoms with Crippen LogP contribution < -0.4 is 11.1 Å². The molecule has 1 aliphatic rings. The van der Waals surface area contributed by atoms with E-state index >= 15 is 0 Å². The van der Waals surface area contributed by atoms with Crippen LogP contribution in [0.15, 0.2) is 0 Å². The topological polar surface area (TPSA) is 58.4 Å². The third-order valence-corrected chi connectivity index (χ3v) is 3.84. The fraction of sp³-hybridized carbons (Fsp3) is 0.929. The van der Waals surface area contributed by atoms with Crippen LogP contribution in [0.25, 0.3) is 0 Å². The Morgan fingerprint density at radius 2 is 2.22 bits per heavy atom. The van der Waals surface area contributed by atoms with E-state index in [9.17, 15) is 4.79 Å². The summed E-state index contributed by atoms with van der Waals surface area (Å²) in [5.41, 5.74) is 5.87. The van der Waals surface area contributed by atoms with Crippen molar-refractivity contribution in [3.8, 4) is 0 Å². The van der Waals surface area contributed by atoms with E-state index < -0.39 is 0 Å². The number of nitrogens with zero attached hydrogens (tertiary/aromatic N) is 1. The van der Waals surface area contributed by atoms with Crippen LogP contribution in [0.2, 0.25) is 0 Å². The second-order valence-corrected chi connectivity index (χ2v) is 5.38. The first-order valence-electron chi connectivity index (χ1n) is 7.41. The third kappa shape index (κ3) is 4.94. The van der Waals surface area contributed by atoms with Gasteiger partial charge in [0.05, 0.1) is 0 Å². The minimum absolute atomic E-state index is 0.142. The maximum Gasteiger partial charge on any atom is 0.221 e. The first-order chi connectivity index (χ1) is 8.69. The average molecular weight is 255 g/mol. The zero-order valence-electron chi connectivity index (χ0n) is 12.0. The van der Waals surface area contributed by atoms with Gasteiger partial charge in [-0.25, -0.2) is 0 Å². The highest BCUT2D eigenvalue weighted by atomic mass is 16.1. The number of hydrogen-bond acceptors (Lipinski definition) is 3. The highest BCUT2D eigenvalue weighted by Gasteiger charge is 2.25. The Bertz CT molecular complexity index is 245. The molecule has 1 amide bonds. The molecular weight excluding hydrogens is 226 g/mol. The molecule has 0 aromatic rings. The van der Waals surface area contributed by atoms with Crippen molar-refractivity contribution in [2.24, 2.45) is 5.73 Å². The maximum atomic E-state index is 11.8. The number of hydrogen-bond donors (Lipinski definition) is 2. The van der Waals surface area contributed by atoms with Gasteiger partial charge in [0.2, 0.25) is 5.91 Å². The number of nitrogens with two attached hydrogens (primary N) is 1. The largest absolute Gasteiger partial charge is 0.356 e. The molecule has 4 heteroatoms. The zero-order chi connectivity index (χ0) is 13.4. The van der Waals surface area contributed by atoms with Crippen molar-refractivity contribution >= 4 is 5.91 Å². The molecule has 0 bridgehead atoms. The number of nitrogens with one attached hydrogen (secondary N) is 1. The van der Waals surface area contributed by atoms with Gasteiger partial charge in [-0.15, -0.1) is 0 Å². The number of likely N-dealkylation sites (tertiary alicyclic amines) is 1. The second kappa shape index (κ2) is 8.48. The van der Waals surface area contributed by atoms with Crippen LogP contribution in [0.4, 0.5) is 0 Å². The van der Waals surface area contributed by atoms with Crippen molar-refractivity contribution in [3.63, 3.8) is 0 Å². The fourth-order valence-corrected chi connectivity index (χ4v) is 2.73. The lowest BCUT2D eigenvalue weighted by Crippen LogP contribution is -2.48. The van der Waals surface area contributed by atoms with Crippen LogP contribution in [-0.2, 0) is 4.79 Å². The van der Waals surface area contributed by atoms with Gasteiger partial charge < -0.3 is 11.1 Å². The van der Waals surface area contributed by atoms with Crippen LogP contribution in [-0.4, -0.2) is 42.5 Å². The van der Waals surface area contributed by atoms with Crippen LogP contribution >= 0.6 is 0 Å². The van der Waals surface area contributed by atoms with Crippen molar-refractivity contribution in [1.29, 1.82) is 0 Å². The first kappa shape index (κ1) is 15.4. The Kier molecular flexibility index (Phi) is 7.28. The number of carbonyl (C=O) groups is 1. The molecule has 1 fully saturated rings. The molecule has 1 aliphatic heterocycles. The van der Waals surface area contributed by atoms with Crippen molar-refractivity contribution in [2.45, 2.75) is 64.5 Å². The summed E-state index contributed by atoms with van der Waals surface area (Å²) in [7, 11) is 0. The van der Waals surface area contributed by atoms with Crippen LogP contribution in [0, 0.1) is 0 Å². The quantitative estimate of drug-likeness (QED) is 0.756. The standard InChI is InChI=1S/C14H29N3O/c1-3-8-16-14(18)10-13(11-15)17-9-6-4-5-7-12(17)2/h12-13H,3-11,15H2,1-2H3,(H,16,18). The van der Waals surface area contributed by atoms with E-state index in [1.807, 2.05) is 0 Å². The smallest absolute Gasteiger partial charge is 0.221 e. The normalized spacial score (nSPS) is 23.4. The molecular formula is C14H29N3O. The molecule has 4 nitrogen and oxygen atoms in total. The van der Waals surface area contributed by atoms with Gasteiger partial charge >= 0.3 is 0 Å². The molecule has 0 aliphatic carbocycles. The number of carbonyl (C=O) groups excluding carboxylic acids is 1. The van der Waals surface area contributed by atoms with E-state index in [-0.39, 0.29) is 11.9 Å². The molecule has 2 unspecified atom stereocenters. The molecule has 0 spiro atoms. The minimum Gasteiger partial charge on any atom is -0.356 e. The first-order valence-corrected chi connectivity index (χ1v) is 7.41. The molecule has 1 rings (SSSR count). The molecule has 3 N–H and O–H groups in total. The number of rotatable bonds is 6. The summed E-state index contributed by atoms with van der Waals surface area (Å²) in [6.07, 6.45) is 6.60. The molecule has 1 saturated heterocycles. The third-order valence-electron chi connectivity index (χ3n) is 3.84. The van der Waals surface area contributed by atoms with Gasteiger partial charge in [0.1, 0.15) is 0 Å². The van der Waals surface area contributed by atoms with Crippen molar-refractivity contribution in [1.82, 2.24) is 10.2 Å². The van der Waals surface area contributed by atoms with Gasteiger partial charge in [0.15, 0.2) is 0 Å². The van der Waals surface area contributed by atoms with E-state index in [2.05, 4.69) is 24.1 Å². The predicted octanol–water partition coefficient (Wildman–Crippen LogP) is 1.49. The van der Waals surface area contributed by atoms with E-state index in [0.717, 1.165) is 19.5 Å². The van der Waals surface area contributed by atoms with E-state index in [1.54, 1.807) is 0 Å². The van der Waals surface area contributed by atoms with E-state index in [0.29, 0.717) is 19.0 Å². The molecule has 0 saturated carbocycles. The summed E-state index contributed by atoms with van der Waals surface area (Å²) in [5.74, 6) is 0.142. The minimum atomic E-state index is 0.142.